The van der Waals surface area contributed by atoms with Crippen LogP contribution in [0.5, 0.6) is 0 Å². The molecule has 1 aliphatic heterocycles. The Balaban J connectivity index is 2.10. The second kappa shape index (κ2) is 6.02. The Morgan fingerprint density at radius 2 is 1.40 bits per heavy atom. The van der Waals surface area contributed by atoms with Gasteiger partial charge in [0.05, 0.1) is 0 Å². The lowest BCUT2D eigenvalue weighted by molar-refractivity contribution is 0.611. The molecule has 102 valence electrons. The van der Waals surface area contributed by atoms with E-state index in [1.807, 2.05) is 18.2 Å². The molecule has 0 aromatic heterocycles. The van der Waals surface area contributed by atoms with Crippen molar-refractivity contribution >= 4 is 5.57 Å². The highest BCUT2D eigenvalue weighted by molar-refractivity contribution is 5.82. The van der Waals surface area contributed by atoms with E-state index in [0.29, 0.717) is 0 Å². The van der Waals surface area contributed by atoms with Crippen LogP contribution in [0.25, 0.3) is 5.57 Å². The summed E-state index contributed by atoms with van der Waals surface area (Å²) in [6.07, 6.45) is 2.11. The second-order valence-electron chi connectivity index (χ2n) is 5.10. The van der Waals surface area contributed by atoms with Gasteiger partial charge in [-0.2, -0.15) is 0 Å². The van der Waals surface area contributed by atoms with Gasteiger partial charge in [-0.05, 0) is 54.8 Å². The van der Waals surface area contributed by atoms with Crippen LogP contribution in [0, 0.1) is 5.82 Å². The molecule has 2 aromatic rings. The van der Waals surface area contributed by atoms with E-state index < -0.39 is 0 Å². The molecule has 0 atom stereocenters. The van der Waals surface area contributed by atoms with Crippen LogP contribution in [-0.4, -0.2) is 13.1 Å². The van der Waals surface area contributed by atoms with Crippen molar-refractivity contribution in [3.63, 3.8) is 0 Å². The minimum absolute atomic E-state index is 0.184. The molecule has 2 aromatic carbocycles. The first kappa shape index (κ1) is 13.1. The Labute approximate surface area is 119 Å². The van der Waals surface area contributed by atoms with Crippen molar-refractivity contribution in [3.05, 3.63) is 77.1 Å². The summed E-state index contributed by atoms with van der Waals surface area (Å²) in [5, 5.41) is 3.39. The highest BCUT2D eigenvalue weighted by Gasteiger charge is 2.14. The zero-order valence-corrected chi connectivity index (χ0v) is 11.4. The van der Waals surface area contributed by atoms with Crippen LogP contribution in [0.4, 0.5) is 4.39 Å². The summed E-state index contributed by atoms with van der Waals surface area (Å²) in [6.45, 7) is 2.04. The van der Waals surface area contributed by atoms with Crippen molar-refractivity contribution in [2.45, 2.75) is 12.8 Å². The van der Waals surface area contributed by atoms with Crippen LogP contribution >= 0.6 is 0 Å². The zero-order chi connectivity index (χ0) is 13.8. The molecule has 1 aliphatic rings. The number of rotatable bonds is 2. The van der Waals surface area contributed by atoms with Gasteiger partial charge in [-0.15, -0.1) is 0 Å². The van der Waals surface area contributed by atoms with E-state index in [4.69, 9.17) is 0 Å². The molecule has 20 heavy (non-hydrogen) atoms. The Morgan fingerprint density at radius 1 is 0.800 bits per heavy atom. The fourth-order valence-corrected chi connectivity index (χ4v) is 2.77. The lowest BCUT2D eigenvalue weighted by atomic mass is 9.89. The van der Waals surface area contributed by atoms with E-state index in [9.17, 15) is 4.39 Å². The van der Waals surface area contributed by atoms with Gasteiger partial charge < -0.3 is 5.32 Å². The van der Waals surface area contributed by atoms with Crippen LogP contribution < -0.4 is 5.32 Å². The predicted octanol–water partition coefficient (Wildman–Crippen LogP) is 4.01. The first-order valence-corrected chi connectivity index (χ1v) is 7.09. The lowest BCUT2D eigenvalue weighted by Crippen LogP contribution is -2.23. The average molecular weight is 267 g/mol. The Bertz CT molecular complexity index is 591. The van der Waals surface area contributed by atoms with Crippen LogP contribution in [0.15, 0.2) is 60.2 Å². The van der Waals surface area contributed by atoms with Crippen molar-refractivity contribution in [2.75, 3.05) is 13.1 Å². The van der Waals surface area contributed by atoms with Crippen molar-refractivity contribution in [2.24, 2.45) is 0 Å². The fourth-order valence-electron chi connectivity index (χ4n) is 2.77. The number of nitrogens with one attached hydrogen (secondary N) is 1. The van der Waals surface area contributed by atoms with Crippen LogP contribution in [-0.2, 0) is 0 Å². The molecule has 1 nitrogen and oxygen atoms in total. The van der Waals surface area contributed by atoms with Gasteiger partial charge in [-0.1, -0.05) is 48.0 Å². The summed E-state index contributed by atoms with van der Waals surface area (Å²) in [4.78, 5) is 0. The number of halogens is 1. The van der Waals surface area contributed by atoms with E-state index >= 15 is 0 Å². The van der Waals surface area contributed by atoms with Crippen molar-refractivity contribution in [1.29, 1.82) is 0 Å². The summed E-state index contributed by atoms with van der Waals surface area (Å²) < 4.78 is 13.2. The van der Waals surface area contributed by atoms with E-state index in [0.717, 1.165) is 31.5 Å². The van der Waals surface area contributed by atoms with Gasteiger partial charge in [-0.3, -0.25) is 0 Å². The van der Waals surface area contributed by atoms with E-state index in [-0.39, 0.29) is 5.82 Å². The summed E-state index contributed by atoms with van der Waals surface area (Å²) in [6, 6.07) is 17.3. The molecule has 2 heteroatoms. The molecule has 0 radical (unpaired) electrons. The van der Waals surface area contributed by atoms with E-state index in [1.54, 1.807) is 12.1 Å². The number of hydrogen-bond acceptors (Lipinski definition) is 1. The molecule has 0 spiro atoms. The quantitative estimate of drug-likeness (QED) is 0.867. The third-order valence-electron chi connectivity index (χ3n) is 3.76. The highest BCUT2D eigenvalue weighted by atomic mass is 19.1. The molecule has 1 N–H and O–H groups in total. The van der Waals surface area contributed by atoms with Crippen LogP contribution in [0.1, 0.15) is 24.0 Å². The normalized spacial score (nSPS) is 15.2. The molecule has 0 amide bonds. The van der Waals surface area contributed by atoms with Gasteiger partial charge in [0.25, 0.3) is 0 Å². The lowest BCUT2D eigenvalue weighted by Gasteiger charge is -2.21. The SMILES string of the molecule is Fc1ccc(C(=C2CCNCC2)c2ccccc2)cc1. The third-order valence-corrected chi connectivity index (χ3v) is 3.76. The zero-order valence-electron chi connectivity index (χ0n) is 11.4. The van der Waals surface area contributed by atoms with E-state index in [1.165, 1.54) is 16.7 Å². The third kappa shape index (κ3) is 2.81. The molecule has 1 saturated heterocycles. The summed E-state index contributed by atoms with van der Waals surface area (Å²) in [5.41, 5.74) is 5.05. The minimum atomic E-state index is -0.184. The first-order valence-electron chi connectivity index (χ1n) is 7.09. The Morgan fingerprint density at radius 3 is 2.05 bits per heavy atom. The molecule has 1 fully saturated rings. The molecule has 0 bridgehead atoms. The number of hydrogen-bond donors (Lipinski definition) is 1. The van der Waals surface area contributed by atoms with Gasteiger partial charge >= 0.3 is 0 Å². The van der Waals surface area contributed by atoms with Gasteiger partial charge in [0.15, 0.2) is 0 Å². The monoisotopic (exact) mass is 267 g/mol. The largest absolute Gasteiger partial charge is 0.316 e. The molecule has 3 rings (SSSR count). The van der Waals surface area contributed by atoms with Crippen molar-refractivity contribution in [3.8, 4) is 0 Å². The maximum Gasteiger partial charge on any atom is 0.123 e. The number of piperidine rings is 1. The summed E-state index contributed by atoms with van der Waals surface area (Å²) >= 11 is 0. The predicted molar refractivity (Wildman–Crippen MR) is 81.0 cm³/mol. The minimum Gasteiger partial charge on any atom is -0.316 e. The highest BCUT2D eigenvalue weighted by Crippen LogP contribution is 2.30. The van der Waals surface area contributed by atoms with Crippen LogP contribution in [0.2, 0.25) is 0 Å². The molecule has 0 aliphatic carbocycles. The van der Waals surface area contributed by atoms with Crippen molar-refractivity contribution in [1.82, 2.24) is 5.32 Å². The Hall–Kier alpha value is -1.93. The van der Waals surface area contributed by atoms with Crippen molar-refractivity contribution < 1.29 is 4.39 Å². The summed E-state index contributed by atoms with van der Waals surface area (Å²) in [7, 11) is 0. The average Bonchev–Trinajstić information content (AvgIpc) is 2.52. The molecule has 0 saturated carbocycles. The molecular formula is C18H18FN. The summed E-state index contributed by atoms with van der Waals surface area (Å²) in [5.74, 6) is -0.184. The van der Waals surface area contributed by atoms with Gasteiger partial charge in [0.2, 0.25) is 0 Å². The van der Waals surface area contributed by atoms with E-state index in [2.05, 4.69) is 29.6 Å². The standard InChI is InChI=1S/C18H18FN/c19-17-8-6-15(7-9-17)18(14-4-2-1-3-5-14)16-10-12-20-13-11-16/h1-9,20H,10-13H2. The Kier molecular flexibility index (Phi) is 3.93. The first-order chi connectivity index (χ1) is 9.84. The maximum absolute atomic E-state index is 13.2. The smallest absolute Gasteiger partial charge is 0.123 e. The van der Waals surface area contributed by atoms with Gasteiger partial charge in [-0.25, -0.2) is 4.39 Å². The molecule has 1 heterocycles. The van der Waals surface area contributed by atoms with Gasteiger partial charge in [0, 0.05) is 0 Å². The maximum atomic E-state index is 13.2. The molecule has 0 unspecified atom stereocenters. The number of benzene rings is 2. The van der Waals surface area contributed by atoms with Crippen LogP contribution in [0.3, 0.4) is 0 Å². The van der Waals surface area contributed by atoms with Gasteiger partial charge in [0.1, 0.15) is 5.82 Å². The molecular weight excluding hydrogens is 249 g/mol. The fraction of sp³-hybridized carbons (Fsp3) is 0.222. The second-order valence-corrected chi connectivity index (χ2v) is 5.10. The topological polar surface area (TPSA) is 12.0 Å².